The Balaban J connectivity index is 0.00000156. The van der Waals surface area contributed by atoms with Crippen molar-refractivity contribution in [3.63, 3.8) is 0 Å². The van der Waals surface area contributed by atoms with E-state index < -0.39 is 0 Å². The summed E-state index contributed by atoms with van der Waals surface area (Å²) < 4.78 is 3.16. The van der Waals surface area contributed by atoms with Crippen LogP contribution in [-0.2, 0) is 7.05 Å². The molecule has 1 N–H and O–H groups in total. The van der Waals surface area contributed by atoms with Crippen molar-refractivity contribution in [2.24, 2.45) is 7.05 Å². The van der Waals surface area contributed by atoms with E-state index >= 15 is 0 Å². The molecule has 4 nitrogen and oxygen atoms in total. The average Bonchev–Trinajstić information content (AvgIpc) is 2.82. The van der Waals surface area contributed by atoms with Crippen LogP contribution in [0, 0.1) is 0 Å². The van der Waals surface area contributed by atoms with Gasteiger partial charge in [0.15, 0.2) is 5.82 Å². The van der Waals surface area contributed by atoms with Gasteiger partial charge in [0, 0.05) is 22.6 Å². The van der Waals surface area contributed by atoms with Gasteiger partial charge in [-0.1, -0.05) is 40.2 Å². The molecule has 4 aromatic rings. The van der Waals surface area contributed by atoms with Crippen LogP contribution < -0.4 is 5.32 Å². The SMILES string of the molecule is Cl.Cn1c2ccccc2c2ncnc(Nc3cccc(Br)c3)c21. The highest BCUT2D eigenvalue weighted by atomic mass is 79.9. The zero-order valence-electron chi connectivity index (χ0n) is 12.3. The molecule has 2 aromatic heterocycles. The molecule has 0 radical (unpaired) electrons. The maximum absolute atomic E-state index is 4.47. The summed E-state index contributed by atoms with van der Waals surface area (Å²) in [6.07, 6.45) is 1.61. The van der Waals surface area contributed by atoms with Crippen molar-refractivity contribution in [1.82, 2.24) is 14.5 Å². The van der Waals surface area contributed by atoms with Crippen LogP contribution in [0.25, 0.3) is 21.9 Å². The lowest BCUT2D eigenvalue weighted by atomic mass is 10.2. The van der Waals surface area contributed by atoms with E-state index in [0.717, 1.165) is 37.9 Å². The predicted octanol–water partition coefficient (Wildman–Crippen LogP) is 5.05. The summed E-state index contributed by atoms with van der Waals surface area (Å²) >= 11 is 3.49. The van der Waals surface area contributed by atoms with Crippen molar-refractivity contribution in [2.75, 3.05) is 5.32 Å². The highest BCUT2D eigenvalue weighted by Crippen LogP contribution is 2.31. The molecule has 0 aliphatic rings. The van der Waals surface area contributed by atoms with Crippen LogP contribution in [0.5, 0.6) is 0 Å². The van der Waals surface area contributed by atoms with Crippen LogP contribution in [0.2, 0.25) is 0 Å². The second-order valence-corrected chi connectivity index (χ2v) is 6.05. The van der Waals surface area contributed by atoms with Crippen molar-refractivity contribution in [3.8, 4) is 0 Å². The Morgan fingerprint density at radius 1 is 1.04 bits per heavy atom. The van der Waals surface area contributed by atoms with Crippen LogP contribution >= 0.6 is 28.3 Å². The highest BCUT2D eigenvalue weighted by molar-refractivity contribution is 9.10. The van der Waals surface area contributed by atoms with Crippen molar-refractivity contribution >= 4 is 61.8 Å². The summed E-state index contributed by atoms with van der Waals surface area (Å²) in [5.41, 5.74) is 4.10. The lowest BCUT2D eigenvalue weighted by Gasteiger charge is -2.08. The molecular formula is C17H14BrClN4. The van der Waals surface area contributed by atoms with Crippen LogP contribution in [0.3, 0.4) is 0 Å². The van der Waals surface area contributed by atoms with E-state index in [0.29, 0.717) is 0 Å². The molecule has 0 atom stereocenters. The summed E-state index contributed by atoms with van der Waals surface area (Å²) in [4.78, 5) is 8.90. The van der Waals surface area contributed by atoms with Gasteiger partial charge in [0.25, 0.3) is 0 Å². The molecule has 4 rings (SSSR count). The number of nitrogens with zero attached hydrogens (tertiary/aromatic N) is 3. The van der Waals surface area contributed by atoms with Gasteiger partial charge in [-0.05, 0) is 24.3 Å². The van der Waals surface area contributed by atoms with Crippen molar-refractivity contribution in [2.45, 2.75) is 0 Å². The van der Waals surface area contributed by atoms with Gasteiger partial charge in [-0.15, -0.1) is 12.4 Å². The fraction of sp³-hybridized carbons (Fsp3) is 0.0588. The molecule has 0 spiro atoms. The second kappa shape index (κ2) is 6.18. The molecule has 0 fully saturated rings. The quantitative estimate of drug-likeness (QED) is 0.522. The average molecular weight is 390 g/mol. The van der Waals surface area contributed by atoms with E-state index in [1.54, 1.807) is 6.33 Å². The number of aryl methyl sites for hydroxylation is 1. The molecule has 0 bridgehead atoms. The summed E-state index contributed by atoms with van der Waals surface area (Å²) in [5, 5.41) is 4.53. The van der Waals surface area contributed by atoms with Gasteiger partial charge >= 0.3 is 0 Å². The number of hydrogen-bond acceptors (Lipinski definition) is 3. The Labute approximate surface area is 148 Å². The molecule has 116 valence electrons. The first-order valence-electron chi connectivity index (χ1n) is 6.95. The lowest BCUT2D eigenvalue weighted by Crippen LogP contribution is -1.98. The predicted molar refractivity (Wildman–Crippen MR) is 101 cm³/mol. The Morgan fingerprint density at radius 2 is 1.87 bits per heavy atom. The van der Waals surface area contributed by atoms with Crippen LogP contribution in [0.15, 0.2) is 59.3 Å². The Morgan fingerprint density at radius 3 is 2.70 bits per heavy atom. The Kier molecular flexibility index (Phi) is 4.24. The van der Waals surface area contributed by atoms with Gasteiger partial charge < -0.3 is 9.88 Å². The largest absolute Gasteiger partial charge is 0.339 e. The standard InChI is InChI=1S/C17H13BrN4.ClH/c1-22-14-8-3-2-7-13(14)15-16(22)17(20-10-19-15)21-12-6-4-5-11(18)9-12;/h2-10H,1H3,(H,19,20,21);1H. The summed E-state index contributed by atoms with van der Waals surface area (Å²) in [6.45, 7) is 0. The third kappa shape index (κ3) is 2.66. The molecule has 0 saturated heterocycles. The summed E-state index contributed by atoms with van der Waals surface area (Å²) in [6, 6.07) is 16.3. The Hall–Kier alpha value is -2.11. The number of benzene rings is 2. The monoisotopic (exact) mass is 388 g/mol. The van der Waals surface area contributed by atoms with Crippen LogP contribution in [-0.4, -0.2) is 14.5 Å². The minimum absolute atomic E-state index is 0. The van der Waals surface area contributed by atoms with E-state index in [9.17, 15) is 0 Å². The van der Waals surface area contributed by atoms with Gasteiger partial charge in [-0.2, -0.15) is 0 Å². The molecule has 6 heteroatoms. The Bertz CT molecular complexity index is 996. The first kappa shape index (κ1) is 15.8. The molecule has 2 heterocycles. The number of anilines is 2. The molecule has 0 saturated carbocycles. The number of hydrogen-bond donors (Lipinski definition) is 1. The van der Waals surface area contributed by atoms with Gasteiger partial charge in [0.1, 0.15) is 17.4 Å². The number of fused-ring (bicyclic) bond motifs is 3. The van der Waals surface area contributed by atoms with Gasteiger partial charge in [0.05, 0.1) is 5.52 Å². The maximum Gasteiger partial charge on any atom is 0.158 e. The molecule has 0 aliphatic carbocycles. The van der Waals surface area contributed by atoms with E-state index in [1.165, 1.54) is 0 Å². The van der Waals surface area contributed by atoms with E-state index in [2.05, 4.69) is 47.9 Å². The smallest absolute Gasteiger partial charge is 0.158 e. The zero-order valence-corrected chi connectivity index (χ0v) is 14.7. The topological polar surface area (TPSA) is 42.7 Å². The first-order chi connectivity index (χ1) is 10.7. The zero-order chi connectivity index (χ0) is 15.1. The fourth-order valence-electron chi connectivity index (χ4n) is 2.77. The van der Waals surface area contributed by atoms with Gasteiger partial charge in [-0.3, -0.25) is 0 Å². The van der Waals surface area contributed by atoms with Crippen LogP contribution in [0.1, 0.15) is 0 Å². The fourth-order valence-corrected chi connectivity index (χ4v) is 3.17. The van der Waals surface area contributed by atoms with E-state index in [1.807, 2.05) is 43.4 Å². The first-order valence-corrected chi connectivity index (χ1v) is 7.74. The number of rotatable bonds is 2. The lowest BCUT2D eigenvalue weighted by molar-refractivity contribution is 1.01. The third-order valence-corrected chi connectivity index (χ3v) is 4.26. The van der Waals surface area contributed by atoms with E-state index in [4.69, 9.17) is 0 Å². The maximum atomic E-state index is 4.47. The number of para-hydroxylation sites is 1. The molecule has 0 unspecified atom stereocenters. The number of nitrogens with one attached hydrogen (secondary N) is 1. The minimum atomic E-state index is 0. The summed E-state index contributed by atoms with van der Waals surface area (Å²) in [7, 11) is 2.04. The molecule has 2 aromatic carbocycles. The molecule has 0 amide bonds. The van der Waals surface area contributed by atoms with Crippen LogP contribution in [0.4, 0.5) is 11.5 Å². The number of halogens is 2. The van der Waals surface area contributed by atoms with Gasteiger partial charge in [0.2, 0.25) is 0 Å². The molecule has 23 heavy (non-hydrogen) atoms. The normalized spacial score (nSPS) is 10.7. The van der Waals surface area contributed by atoms with E-state index in [-0.39, 0.29) is 12.4 Å². The number of aromatic nitrogens is 3. The highest BCUT2D eigenvalue weighted by Gasteiger charge is 2.13. The second-order valence-electron chi connectivity index (χ2n) is 5.13. The third-order valence-electron chi connectivity index (χ3n) is 3.77. The summed E-state index contributed by atoms with van der Waals surface area (Å²) in [5.74, 6) is 0.807. The molecule has 0 aliphatic heterocycles. The van der Waals surface area contributed by atoms with Crippen molar-refractivity contribution in [3.05, 3.63) is 59.3 Å². The minimum Gasteiger partial charge on any atom is -0.339 e. The van der Waals surface area contributed by atoms with Gasteiger partial charge in [-0.25, -0.2) is 9.97 Å². The molecular weight excluding hydrogens is 376 g/mol. The van der Waals surface area contributed by atoms with Crippen molar-refractivity contribution < 1.29 is 0 Å². The van der Waals surface area contributed by atoms with Crippen molar-refractivity contribution in [1.29, 1.82) is 0 Å².